The van der Waals surface area contributed by atoms with Crippen molar-refractivity contribution in [3.8, 4) is 11.5 Å². The molecule has 126 valence electrons. The fraction of sp³-hybridized carbons (Fsp3) is 0.167. The van der Waals surface area contributed by atoms with Gasteiger partial charge in [-0.25, -0.2) is 5.10 Å². The van der Waals surface area contributed by atoms with Gasteiger partial charge in [-0.15, -0.1) is 0 Å². The first-order valence-electron chi connectivity index (χ1n) is 7.86. The monoisotopic (exact) mass is 337 g/mol. The molecule has 0 spiro atoms. The van der Waals surface area contributed by atoms with Crippen molar-refractivity contribution in [2.24, 2.45) is 0 Å². The fourth-order valence-electron chi connectivity index (χ4n) is 2.78. The van der Waals surface area contributed by atoms with Gasteiger partial charge >= 0.3 is 0 Å². The zero-order valence-corrected chi connectivity index (χ0v) is 13.2. The molecule has 0 saturated heterocycles. The van der Waals surface area contributed by atoms with E-state index in [1.165, 1.54) is 0 Å². The van der Waals surface area contributed by atoms with E-state index in [0.717, 1.165) is 0 Å². The highest BCUT2D eigenvalue weighted by Gasteiger charge is 2.14. The van der Waals surface area contributed by atoms with Gasteiger partial charge in [-0.05, 0) is 18.2 Å². The van der Waals surface area contributed by atoms with Crippen LogP contribution in [0.1, 0.15) is 5.69 Å². The number of amides is 1. The van der Waals surface area contributed by atoms with E-state index in [-0.39, 0.29) is 17.9 Å². The van der Waals surface area contributed by atoms with E-state index in [1.54, 1.807) is 36.4 Å². The van der Waals surface area contributed by atoms with Gasteiger partial charge in [-0.2, -0.15) is 5.10 Å². The number of benzene rings is 2. The van der Waals surface area contributed by atoms with Gasteiger partial charge in [-0.3, -0.25) is 9.59 Å². The molecule has 0 bridgehead atoms. The van der Waals surface area contributed by atoms with E-state index in [2.05, 4.69) is 15.5 Å². The lowest BCUT2D eigenvalue weighted by Gasteiger charge is -2.19. The number of hydrogen-bond acceptors (Lipinski definition) is 5. The van der Waals surface area contributed by atoms with Gasteiger partial charge in [0.25, 0.3) is 5.56 Å². The molecule has 1 aliphatic heterocycles. The van der Waals surface area contributed by atoms with E-state index in [4.69, 9.17) is 9.47 Å². The van der Waals surface area contributed by atoms with Gasteiger partial charge in [0.05, 0.1) is 17.5 Å². The summed E-state index contributed by atoms with van der Waals surface area (Å²) in [6, 6.07) is 12.3. The third-order valence-electron chi connectivity index (χ3n) is 3.93. The predicted molar refractivity (Wildman–Crippen MR) is 92.1 cm³/mol. The van der Waals surface area contributed by atoms with Crippen molar-refractivity contribution < 1.29 is 14.3 Å². The molecule has 0 aliphatic carbocycles. The van der Waals surface area contributed by atoms with Crippen LogP contribution in [0.4, 0.5) is 5.69 Å². The van der Waals surface area contributed by atoms with Gasteiger partial charge in [0, 0.05) is 17.1 Å². The summed E-state index contributed by atoms with van der Waals surface area (Å²) in [7, 11) is 0. The van der Waals surface area contributed by atoms with Crippen LogP contribution in [0.15, 0.2) is 47.3 Å². The number of carbonyl (C=O) groups is 1. The molecular formula is C18H15N3O4. The van der Waals surface area contributed by atoms with Crippen molar-refractivity contribution in [3.05, 3.63) is 58.5 Å². The van der Waals surface area contributed by atoms with Crippen LogP contribution in [-0.2, 0) is 11.2 Å². The Morgan fingerprint density at radius 1 is 1.08 bits per heavy atom. The Balaban J connectivity index is 1.55. The van der Waals surface area contributed by atoms with Crippen LogP contribution in [0.25, 0.3) is 10.8 Å². The number of fused-ring (bicyclic) bond motifs is 2. The van der Waals surface area contributed by atoms with Crippen LogP contribution in [0.3, 0.4) is 0 Å². The van der Waals surface area contributed by atoms with Crippen LogP contribution in [0.5, 0.6) is 11.5 Å². The first kappa shape index (κ1) is 15.2. The summed E-state index contributed by atoms with van der Waals surface area (Å²) < 4.78 is 11.0. The summed E-state index contributed by atoms with van der Waals surface area (Å²) in [6.07, 6.45) is 0.0474. The highest BCUT2D eigenvalue weighted by atomic mass is 16.6. The molecule has 7 nitrogen and oxygen atoms in total. The Kier molecular flexibility index (Phi) is 3.81. The maximum absolute atomic E-state index is 12.4. The van der Waals surface area contributed by atoms with Gasteiger partial charge in [-0.1, -0.05) is 18.2 Å². The number of rotatable bonds is 3. The van der Waals surface area contributed by atoms with Crippen LogP contribution in [0, 0.1) is 0 Å². The summed E-state index contributed by atoms with van der Waals surface area (Å²) in [5, 5.41) is 10.4. The molecule has 3 aromatic rings. The molecule has 4 rings (SSSR count). The Morgan fingerprint density at radius 2 is 1.84 bits per heavy atom. The van der Waals surface area contributed by atoms with Crippen molar-refractivity contribution in [1.29, 1.82) is 0 Å². The SMILES string of the molecule is O=C(Cc1n[nH]c(=O)c2ccccc12)Nc1ccc2c(c1)OCCO2. The lowest BCUT2D eigenvalue weighted by atomic mass is 10.1. The Labute approximate surface area is 142 Å². The molecule has 2 heterocycles. The Morgan fingerprint density at radius 3 is 2.68 bits per heavy atom. The molecule has 0 saturated carbocycles. The second kappa shape index (κ2) is 6.27. The van der Waals surface area contributed by atoms with E-state index in [0.29, 0.717) is 46.9 Å². The summed E-state index contributed by atoms with van der Waals surface area (Å²) in [4.78, 5) is 24.2. The number of H-pyrrole nitrogens is 1. The third-order valence-corrected chi connectivity index (χ3v) is 3.93. The minimum atomic E-state index is -0.272. The molecule has 0 atom stereocenters. The summed E-state index contributed by atoms with van der Waals surface area (Å²) >= 11 is 0. The number of anilines is 1. The minimum Gasteiger partial charge on any atom is -0.486 e. The van der Waals surface area contributed by atoms with Gasteiger partial charge < -0.3 is 14.8 Å². The quantitative estimate of drug-likeness (QED) is 0.761. The highest BCUT2D eigenvalue weighted by Crippen LogP contribution is 2.32. The number of carbonyl (C=O) groups excluding carboxylic acids is 1. The van der Waals surface area contributed by atoms with E-state index in [1.807, 2.05) is 6.07 Å². The number of aromatic nitrogens is 2. The largest absolute Gasteiger partial charge is 0.486 e. The Hall–Kier alpha value is -3.35. The van der Waals surface area contributed by atoms with Crippen LogP contribution < -0.4 is 20.3 Å². The molecular weight excluding hydrogens is 322 g/mol. The molecule has 0 radical (unpaired) electrons. The number of ether oxygens (including phenoxy) is 2. The molecule has 2 aromatic carbocycles. The van der Waals surface area contributed by atoms with Crippen molar-refractivity contribution in [1.82, 2.24) is 10.2 Å². The molecule has 7 heteroatoms. The second-order valence-electron chi connectivity index (χ2n) is 5.63. The zero-order valence-electron chi connectivity index (χ0n) is 13.2. The molecule has 1 aromatic heterocycles. The number of hydrogen-bond donors (Lipinski definition) is 2. The number of aromatic amines is 1. The normalized spacial score (nSPS) is 12.8. The van der Waals surface area contributed by atoms with E-state index < -0.39 is 0 Å². The van der Waals surface area contributed by atoms with Crippen LogP contribution >= 0.6 is 0 Å². The summed E-state index contributed by atoms with van der Waals surface area (Å²) in [5.74, 6) is 1.04. The van der Waals surface area contributed by atoms with Gasteiger partial charge in [0.15, 0.2) is 11.5 Å². The fourth-order valence-corrected chi connectivity index (χ4v) is 2.78. The standard InChI is InChI=1S/C18H15N3O4/c22-17(19-11-5-6-15-16(9-11)25-8-7-24-15)10-14-12-3-1-2-4-13(12)18(23)21-20-14/h1-6,9H,7-8,10H2,(H,19,22)(H,21,23). The molecule has 1 amide bonds. The van der Waals surface area contributed by atoms with Crippen LogP contribution in [-0.4, -0.2) is 29.3 Å². The Bertz CT molecular complexity index is 1010. The van der Waals surface area contributed by atoms with Crippen molar-refractivity contribution in [2.75, 3.05) is 18.5 Å². The topological polar surface area (TPSA) is 93.3 Å². The number of nitrogens with one attached hydrogen (secondary N) is 2. The van der Waals surface area contributed by atoms with Gasteiger partial charge in [0.2, 0.25) is 5.91 Å². The van der Waals surface area contributed by atoms with E-state index >= 15 is 0 Å². The highest BCUT2D eigenvalue weighted by molar-refractivity contribution is 5.95. The minimum absolute atomic E-state index is 0.0474. The lowest BCUT2D eigenvalue weighted by Crippen LogP contribution is -2.19. The second-order valence-corrected chi connectivity index (χ2v) is 5.63. The van der Waals surface area contributed by atoms with Crippen molar-refractivity contribution >= 4 is 22.4 Å². The van der Waals surface area contributed by atoms with Crippen molar-refractivity contribution in [3.63, 3.8) is 0 Å². The smallest absolute Gasteiger partial charge is 0.272 e. The molecule has 1 aliphatic rings. The number of nitrogens with zero attached hydrogens (tertiary/aromatic N) is 1. The maximum atomic E-state index is 12.4. The molecule has 25 heavy (non-hydrogen) atoms. The summed E-state index contributed by atoms with van der Waals surface area (Å²) in [5.41, 5.74) is 0.861. The zero-order chi connectivity index (χ0) is 17.2. The van der Waals surface area contributed by atoms with Gasteiger partial charge in [0.1, 0.15) is 13.2 Å². The molecule has 0 fully saturated rings. The van der Waals surface area contributed by atoms with E-state index in [9.17, 15) is 9.59 Å². The molecule has 0 unspecified atom stereocenters. The third kappa shape index (κ3) is 3.03. The average molecular weight is 337 g/mol. The van der Waals surface area contributed by atoms with Crippen LogP contribution in [0.2, 0.25) is 0 Å². The maximum Gasteiger partial charge on any atom is 0.272 e. The first-order chi connectivity index (χ1) is 12.2. The lowest BCUT2D eigenvalue weighted by molar-refractivity contribution is -0.115. The van der Waals surface area contributed by atoms with Crippen molar-refractivity contribution in [2.45, 2.75) is 6.42 Å². The predicted octanol–water partition coefficient (Wildman–Crippen LogP) is 1.88. The summed E-state index contributed by atoms with van der Waals surface area (Å²) in [6.45, 7) is 1.00. The average Bonchev–Trinajstić information content (AvgIpc) is 2.64. The molecule has 2 N–H and O–H groups in total. The first-order valence-corrected chi connectivity index (χ1v) is 7.86.